The number of rotatable bonds is 9. The third-order valence-corrected chi connectivity index (χ3v) is 8.14. The molecule has 0 aliphatic carbocycles. The molecule has 4 N–H and O–H groups in total. The van der Waals surface area contributed by atoms with Gasteiger partial charge in [0.15, 0.2) is 0 Å². The molecule has 12 nitrogen and oxygen atoms in total. The molecule has 2 aliphatic rings. The van der Waals surface area contributed by atoms with E-state index in [0.717, 1.165) is 29.7 Å². The standard InChI is InChI=1S/C33H34N8O4/c42-30(17-26-18-34-20-36-26)40-15-1-3-28(40)31(43)38-24-11-7-22(8-12-24)5-6-23-9-13-25(14-10-23)39-32(44)29-4-2-16-41(29)33(45)27-19-35-21-37-27/h5-14,18-21,28-29H,1-4,15-17H2,(H,34,36)(H,35,37)(H,38,43)(H,39,44)/b6-5+/t28-,29-/m0/s1. The van der Waals surface area contributed by atoms with Gasteiger partial charge in [0.1, 0.15) is 17.8 Å². The van der Waals surface area contributed by atoms with Gasteiger partial charge in [-0.1, -0.05) is 36.4 Å². The molecule has 45 heavy (non-hydrogen) atoms. The molecule has 2 saturated heterocycles. The first-order valence-corrected chi connectivity index (χ1v) is 15.0. The van der Waals surface area contributed by atoms with Crippen molar-refractivity contribution in [3.05, 3.63) is 96.1 Å². The van der Waals surface area contributed by atoms with E-state index in [9.17, 15) is 19.2 Å². The molecule has 4 amide bonds. The Morgan fingerprint density at radius 2 is 1.27 bits per heavy atom. The second-order valence-electron chi connectivity index (χ2n) is 11.2. The summed E-state index contributed by atoms with van der Waals surface area (Å²) in [6.45, 7) is 1.09. The zero-order valence-electron chi connectivity index (χ0n) is 24.6. The molecule has 0 radical (unpaired) electrons. The van der Waals surface area contributed by atoms with E-state index in [1.807, 2.05) is 60.7 Å². The van der Waals surface area contributed by atoms with Gasteiger partial charge in [0.05, 0.1) is 25.3 Å². The molecule has 0 spiro atoms. The molecule has 0 unspecified atom stereocenters. The lowest BCUT2D eigenvalue weighted by molar-refractivity contribution is -0.136. The van der Waals surface area contributed by atoms with Crippen LogP contribution in [-0.4, -0.2) is 78.5 Å². The lowest BCUT2D eigenvalue weighted by Gasteiger charge is -2.23. The molecule has 4 heterocycles. The fourth-order valence-corrected chi connectivity index (χ4v) is 5.79. The third-order valence-electron chi connectivity index (χ3n) is 8.14. The normalized spacial score (nSPS) is 18.0. The highest BCUT2D eigenvalue weighted by Gasteiger charge is 2.35. The summed E-state index contributed by atoms with van der Waals surface area (Å²) in [6.07, 6.45) is 13.0. The summed E-state index contributed by atoms with van der Waals surface area (Å²) in [4.78, 5) is 68.3. The van der Waals surface area contributed by atoms with Gasteiger partial charge in [-0.3, -0.25) is 19.2 Å². The monoisotopic (exact) mass is 606 g/mol. The topological polar surface area (TPSA) is 156 Å². The van der Waals surface area contributed by atoms with E-state index in [4.69, 9.17) is 0 Å². The number of nitrogens with one attached hydrogen (secondary N) is 4. The molecular formula is C33H34N8O4. The van der Waals surface area contributed by atoms with E-state index in [1.54, 1.807) is 16.0 Å². The second kappa shape index (κ2) is 13.4. The number of nitrogens with zero attached hydrogens (tertiary/aromatic N) is 4. The van der Waals surface area contributed by atoms with Gasteiger partial charge in [-0.05, 0) is 61.1 Å². The molecule has 2 aliphatic heterocycles. The number of aromatic amines is 2. The van der Waals surface area contributed by atoms with Gasteiger partial charge in [0, 0.05) is 36.4 Å². The molecule has 4 aromatic rings. The Bertz CT molecular complexity index is 1660. The van der Waals surface area contributed by atoms with E-state index in [0.29, 0.717) is 43.0 Å². The Morgan fingerprint density at radius 1 is 0.733 bits per heavy atom. The first-order valence-electron chi connectivity index (χ1n) is 15.0. The van der Waals surface area contributed by atoms with Gasteiger partial charge >= 0.3 is 0 Å². The van der Waals surface area contributed by atoms with Crippen molar-refractivity contribution in [1.29, 1.82) is 0 Å². The molecule has 2 fully saturated rings. The van der Waals surface area contributed by atoms with Gasteiger partial charge < -0.3 is 30.4 Å². The second-order valence-corrected chi connectivity index (χ2v) is 11.2. The molecule has 0 bridgehead atoms. The van der Waals surface area contributed by atoms with Crippen molar-refractivity contribution in [2.45, 2.75) is 44.2 Å². The predicted octanol–water partition coefficient (Wildman–Crippen LogP) is 3.72. The van der Waals surface area contributed by atoms with Crippen LogP contribution in [0.3, 0.4) is 0 Å². The van der Waals surface area contributed by atoms with Crippen molar-refractivity contribution in [2.75, 3.05) is 23.7 Å². The third kappa shape index (κ3) is 7.01. The Kier molecular flexibility index (Phi) is 8.81. The number of carbonyl (C=O) groups excluding carboxylic acids is 4. The van der Waals surface area contributed by atoms with Crippen LogP contribution in [0.5, 0.6) is 0 Å². The first-order chi connectivity index (χ1) is 21.9. The van der Waals surface area contributed by atoms with E-state index < -0.39 is 12.1 Å². The SMILES string of the molecule is O=C(Nc1ccc(/C=C/c2ccc(NC(=O)[C@@H]3CCCN3C(=O)c3cnc[nH]3)cc2)cc1)[C@@H]1CCCN1C(=O)Cc1cnc[nH]1. The Hall–Kier alpha value is -5.52. The molecule has 12 heteroatoms. The quantitative estimate of drug-likeness (QED) is 0.213. The number of hydrogen-bond acceptors (Lipinski definition) is 6. The summed E-state index contributed by atoms with van der Waals surface area (Å²) in [5.41, 5.74) is 4.31. The average Bonchev–Trinajstić information content (AvgIpc) is 3.88. The molecule has 2 aromatic carbocycles. The smallest absolute Gasteiger partial charge is 0.272 e. The highest BCUT2D eigenvalue weighted by atomic mass is 16.2. The van der Waals surface area contributed by atoms with Gasteiger partial charge in [0.2, 0.25) is 17.7 Å². The fraction of sp³-hybridized carbons (Fsp3) is 0.273. The van der Waals surface area contributed by atoms with Gasteiger partial charge in [-0.25, -0.2) is 9.97 Å². The minimum Gasteiger partial charge on any atom is -0.348 e. The highest BCUT2D eigenvalue weighted by Crippen LogP contribution is 2.23. The van der Waals surface area contributed by atoms with Crippen LogP contribution in [0.2, 0.25) is 0 Å². The van der Waals surface area contributed by atoms with Crippen molar-refractivity contribution < 1.29 is 19.2 Å². The first kappa shape index (κ1) is 29.5. The Morgan fingerprint density at radius 3 is 1.80 bits per heavy atom. The fourth-order valence-electron chi connectivity index (χ4n) is 5.79. The van der Waals surface area contributed by atoms with Crippen molar-refractivity contribution in [1.82, 2.24) is 29.7 Å². The lowest BCUT2D eigenvalue weighted by atomic mass is 10.1. The average molecular weight is 607 g/mol. The minimum atomic E-state index is -0.528. The largest absolute Gasteiger partial charge is 0.348 e. The van der Waals surface area contributed by atoms with Crippen molar-refractivity contribution >= 4 is 47.2 Å². The highest BCUT2D eigenvalue weighted by molar-refractivity contribution is 6.01. The number of likely N-dealkylation sites (tertiary alicyclic amines) is 2. The van der Waals surface area contributed by atoms with E-state index in [-0.39, 0.29) is 30.0 Å². The number of hydrogen-bond donors (Lipinski definition) is 4. The van der Waals surface area contributed by atoms with Gasteiger partial charge in [-0.2, -0.15) is 0 Å². The molecule has 2 atom stereocenters. The summed E-state index contributed by atoms with van der Waals surface area (Å²) >= 11 is 0. The number of amides is 4. The number of aromatic nitrogens is 4. The summed E-state index contributed by atoms with van der Waals surface area (Å²) in [6, 6.07) is 14.0. The van der Waals surface area contributed by atoms with E-state index >= 15 is 0 Å². The Balaban J connectivity index is 0.998. The maximum Gasteiger partial charge on any atom is 0.272 e. The van der Waals surface area contributed by atoms with Crippen LogP contribution in [-0.2, 0) is 20.8 Å². The van der Waals surface area contributed by atoms with Crippen molar-refractivity contribution in [2.24, 2.45) is 0 Å². The predicted molar refractivity (Wildman–Crippen MR) is 169 cm³/mol. The zero-order valence-corrected chi connectivity index (χ0v) is 24.6. The summed E-state index contributed by atoms with van der Waals surface area (Å²) < 4.78 is 0. The van der Waals surface area contributed by atoms with Crippen LogP contribution < -0.4 is 10.6 Å². The summed E-state index contributed by atoms with van der Waals surface area (Å²) in [5.74, 6) is -0.718. The molecular weight excluding hydrogens is 572 g/mol. The minimum absolute atomic E-state index is 0.0916. The molecule has 6 rings (SSSR count). The van der Waals surface area contributed by atoms with E-state index in [1.165, 1.54) is 18.9 Å². The van der Waals surface area contributed by atoms with Crippen LogP contribution in [0.1, 0.15) is 53.0 Å². The summed E-state index contributed by atoms with van der Waals surface area (Å²) in [7, 11) is 0. The van der Waals surface area contributed by atoms with Crippen molar-refractivity contribution in [3.63, 3.8) is 0 Å². The van der Waals surface area contributed by atoms with Crippen LogP contribution in [0.25, 0.3) is 12.2 Å². The number of anilines is 2. The number of carbonyl (C=O) groups is 4. The van der Waals surface area contributed by atoms with Crippen LogP contribution in [0.15, 0.2) is 73.6 Å². The van der Waals surface area contributed by atoms with Crippen LogP contribution >= 0.6 is 0 Å². The number of benzene rings is 2. The van der Waals surface area contributed by atoms with Crippen LogP contribution in [0.4, 0.5) is 11.4 Å². The van der Waals surface area contributed by atoms with E-state index in [2.05, 4.69) is 30.6 Å². The number of H-pyrrole nitrogens is 2. The number of imidazole rings is 2. The van der Waals surface area contributed by atoms with Crippen molar-refractivity contribution in [3.8, 4) is 0 Å². The summed E-state index contributed by atoms with van der Waals surface area (Å²) in [5, 5.41) is 5.88. The van der Waals surface area contributed by atoms with Gasteiger partial charge in [-0.15, -0.1) is 0 Å². The molecule has 2 aromatic heterocycles. The molecule has 0 saturated carbocycles. The maximum absolute atomic E-state index is 13.0. The lowest BCUT2D eigenvalue weighted by Crippen LogP contribution is -2.43. The van der Waals surface area contributed by atoms with Crippen LogP contribution in [0, 0.1) is 0 Å². The van der Waals surface area contributed by atoms with Gasteiger partial charge in [0.25, 0.3) is 5.91 Å². The zero-order chi connectivity index (χ0) is 31.2. The maximum atomic E-state index is 13.0. The Labute approximate surface area is 259 Å². The molecule has 230 valence electrons.